The lowest BCUT2D eigenvalue weighted by molar-refractivity contribution is -0.135. The summed E-state index contributed by atoms with van der Waals surface area (Å²) in [6.07, 6.45) is 0.164. The molecule has 3 aromatic rings. The van der Waals surface area contributed by atoms with Crippen LogP contribution < -0.4 is 10.3 Å². The van der Waals surface area contributed by atoms with Crippen molar-refractivity contribution in [3.05, 3.63) is 74.5 Å². The highest BCUT2D eigenvalue weighted by Gasteiger charge is 2.33. The van der Waals surface area contributed by atoms with Crippen LogP contribution in [0.1, 0.15) is 23.5 Å². The van der Waals surface area contributed by atoms with Crippen molar-refractivity contribution < 1.29 is 9.53 Å². The predicted molar refractivity (Wildman–Crippen MR) is 95.4 cm³/mol. The standard InChI is InChI=1S/C19H14BrNO3/c1-21-15-8-3-2-7-13(15)18-17(19(21)23)14(10-16(22)24-18)11-5-4-6-12(20)9-11/h2-9,14H,10H2,1H3/t14-/m0/s1. The molecule has 0 amide bonds. The van der Waals surface area contributed by atoms with Gasteiger partial charge in [-0.3, -0.25) is 9.59 Å². The Morgan fingerprint density at radius 2 is 1.92 bits per heavy atom. The third-order valence-electron chi connectivity index (χ3n) is 4.48. The molecule has 1 aliphatic heterocycles. The normalized spacial score (nSPS) is 16.8. The summed E-state index contributed by atoms with van der Waals surface area (Å²) in [6, 6.07) is 15.2. The van der Waals surface area contributed by atoms with Gasteiger partial charge in [0.1, 0.15) is 5.75 Å². The van der Waals surface area contributed by atoms with Gasteiger partial charge in [0, 0.05) is 22.8 Å². The predicted octanol–water partition coefficient (Wildman–Crippen LogP) is 3.74. The third kappa shape index (κ3) is 2.27. The molecule has 4 rings (SSSR count). The molecule has 24 heavy (non-hydrogen) atoms. The van der Waals surface area contributed by atoms with E-state index in [9.17, 15) is 9.59 Å². The Balaban J connectivity index is 2.07. The molecule has 0 N–H and O–H groups in total. The van der Waals surface area contributed by atoms with Gasteiger partial charge in [-0.1, -0.05) is 40.2 Å². The summed E-state index contributed by atoms with van der Waals surface area (Å²) in [5, 5.41) is 0.780. The Morgan fingerprint density at radius 1 is 1.12 bits per heavy atom. The van der Waals surface area contributed by atoms with Crippen molar-refractivity contribution in [1.82, 2.24) is 4.57 Å². The molecule has 5 heteroatoms. The number of fused-ring (bicyclic) bond motifs is 3. The van der Waals surface area contributed by atoms with Crippen LogP contribution in [-0.4, -0.2) is 10.5 Å². The molecule has 1 aromatic heterocycles. The van der Waals surface area contributed by atoms with Crippen LogP contribution in [0.25, 0.3) is 10.9 Å². The lowest BCUT2D eigenvalue weighted by atomic mass is 9.86. The van der Waals surface area contributed by atoms with E-state index < -0.39 is 0 Å². The molecule has 120 valence electrons. The SMILES string of the molecule is Cn1c(=O)c2c(c3ccccc31)OC(=O)C[C@H]2c1cccc(Br)c1. The number of rotatable bonds is 1. The van der Waals surface area contributed by atoms with E-state index >= 15 is 0 Å². The van der Waals surface area contributed by atoms with Crippen LogP contribution in [0.2, 0.25) is 0 Å². The highest BCUT2D eigenvalue weighted by molar-refractivity contribution is 9.10. The van der Waals surface area contributed by atoms with Gasteiger partial charge in [-0.05, 0) is 29.8 Å². The van der Waals surface area contributed by atoms with Crippen molar-refractivity contribution >= 4 is 32.8 Å². The van der Waals surface area contributed by atoms with Crippen molar-refractivity contribution in [3.8, 4) is 5.75 Å². The smallest absolute Gasteiger partial charge is 0.312 e. The number of ether oxygens (including phenoxy) is 1. The average Bonchev–Trinajstić information content (AvgIpc) is 2.59. The second-order valence-corrected chi connectivity index (χ2v) is 6.83. The first-order valence-corrected chi connectivity index (χ1v) is 8.43. The summed E-state index contributed by atoms with van der Waals surface area (Å²) in [7, 11) is 1.75. The maximum atomic E-state index is 13.0. The quantitative estimate of drug-likeness (QED) is 0.601. The van der Waals surface area contributed by atoms with Gasteiger partial charge in [0.15, 0.2) is 0 Å². The number of benzene rings is 2. The zero-order valence-electron chi connectivity index (χ0n) is 13.0. The number of esters is 1. The number of aryl methyl sites for hydroxylation is 1. The molecular formula is C19H14BrNO3. The Bertz CT molecular complexity index is 1040. The Kier molecular flexibility index (Phi) is 3.53. The second kappa shape index (κ2) is 5.60. The van der Waals surface area contributed by atoms with E-state index in [4.69, 9.17) is 4.74 Å². The molecule has 0 bridgehead atoms. The number of aromatic nitrogens is 1. The maximum absolute atomic E-state index is 13.0. The number of hydrogen-bond donors (Lipinski definition) is 0. The highest BCUT2D eigenvalue weighted by Crippen LogP contribution is 2.40. The van der Waals surface area contributed by atoms with E-state index in [-0.39, 0.29) is 23.9 Å². The summed E-state index contributed by atoms with van der Waals surface area (Å²) < 4.78 is 8.04. The molecular weight excluding hydrogens is 370 g/mol. The van der Waals surface area contributed by atoms with Gasteiger partial charge in [0.05, 0.1) is 17.5 Å². The van der Waals surface area contributed by atoms with Crippen molar-refractivity contribution in [3.63, 3.8) is 0 Å². The number of nitrogens with zero attached hydrogens (tertiary/aromatic N) is 1. The van der Waals surface area contributed by atoms with Gasteiger partial charge in [0.2, 0.25) is 0 Å². The molecule has 0 spiro atoms. The topological polar surface area (TPSA) is 48.3 Å². The van der Waals surface area contributed by atoms with Crippen LogP contribution in [0, 0.1) is 0 Å². The van der Waals surface area contributed by atoms with Gasteiger partial charge in [0.25, 0.3) is 5.56 Å². The monoisotopic (exact) mass is 383 g/mol. The number of pyridine rings is 1. The minimum Gasteiger partial charge on any atom is -0.425 e. The van der Waals surface area contributed by atoms with Gasteiger partial charge in [-0.2, -0.15) is 0 Å². The van der Waals surface area contributed by atoms with E-state index in [0.29, 0.717) is 11.3 Å². The molecule has 0 unspecified atom stereocenters. The van der Waals surface area contributed by atoms with E-state index in [1.54, 1.807) is 11.6 Å². The second-order valence-electron chi connectivity index (χ2n) is 5.91. The fraction of sp³-hybridized carbons (Fsp3) is 0.158. The molecule has 2 heterocycles. The van der Waals surface area contributed by atoms with Crippen molar-refractivity contribution in [2.75, 3.05) is 0 Å². The molecule has 0 saturated heterocycles. The minimum absolute atomic E-state index is 0.124. The number of hydrogen-bond acceptors (Lipinski definition) is 3. The number of carbonyl (C=O) groups excluding carboxylic acids is 1. The first kappa shape index (κ1) is 15.1. The molecule has 0 fully saturated rings. The lowest BCUT2D eigenvalue weighted by Gasteiger charge is -2.26. The summed E-state index contributed by atoms with van der Waals surface area (Å²) >= 11 is 3.46. The van der Waals surface area contributed by atoms with Crippen LogP contribution >= 0.6 is 15.9 Å². The fourth-order valence-corrected chi connectivity index (χ4v) is 3.76. The zero-order valence-corrected chi connectivity index (χ0v) is 14.5. The maximum Gasteiger partial charge on any atom is 0.312 e. The Hall–Kier alpha value is -2.40. The first-order chi connectivity index (χ1) is 11.6. The van der Waals surface area contributed by atoms with Crippen LogP contribution in [0.15, 0.2) is 57.8 Å². The summed E-state index contributed by atoms with van der Waals surface area (Å²) in [5.41, 5.74) is 2.11. The molecule has 1 aliphatic rings. The van der Waals surface area contributed by atoms with Crippen molar-refractivity contribution in [1.29, 1.82) is 0 Å². The molecule has 2 aromatic carbocycles. The van der Waals surface area contributed by atoms with E-state index in [1.807, 2.05) is 48.5 Å². The number of carbonyl (C=O) groups is 1. The van der Waals surface area contributed by atoms with Gasteiger partial charge in [-0.25, -0.2) is 0 Å². The largest absolute Gasteiger partial charge is 0.425 e. The zero-order chi connectivity index (χ0) is 16.8. The molecule has 1 atom stereocenters. The Labute approximate surface area is 146 Å². The van der Waals surface area contributed by atoms with Crippen LogP contribution in [0.5, 0.6) is 5.75 Å². The van der Waals surface area contributed by atoms with Crippen molar-refractivity contribution in [2.45, 2.75) is 12.3 Å². The van der Waals surface area contributed by atoms with E-state index in [1.165, 1.54) is 0 Å². The van der Waals surface area contributed by atoms with Crippen molar-refractivity contribution in [2.24, 2.45) is 7.05 Å². The number of para-hydroxylation sites is 1. The summed E-state index contributed by atoms with van der Waals surface area (Å²) in [4.78, 5) is 25.2. The molecule has 0 saturated carbocycles. The van der Waals surface area contributed by atoms with Crippen LogP contribution in [-0.2, 0) is 11.8 Å². The summed E-state index contributed by atoms with van der Waals surface area (Å²) in [5.74, 6) is -0.220. The molecule has 0 aliphatic carbocycles. The molecule has 4 nitrogen and oxygen atoms in total. The van der Waals surface area contributed by atoms with E-state index in [0.717, 1.165) is 20.9 Å². The van der Waals surface area contributed by atoms with Gasteiger partial charge < -0.3 is 9.30 Å². The average molecular weight is 384 g/mol. The van der Waals surface area contributed by atoms with Crippen LogP contribution in [0.3, 0.4) is 0 Å². The third-order valence-corrected chi connectivity index (χ3v) is 4.97. The van der Waals surface area contributed by atoms with Crippen LogP contribution in [0.4, 0.5) is 0 Å². The van der Waals surface area contributed by atoms with E-state index in [2.05, 4.69) is 15.9 Å². The number of halogens is 1. The lowest BCUT2D eigenvalue weighted by Crippen LogP contribution is -2.31. The summed E-state index contributed by atoms with van der Waals surface area (Å²) in [6.45, 7) is 0. The highest BCUT2D eigenvalue weighted by atomic mass is 79.9. The minimum atomic E-state index is -0.314. The first-order valence-electron chi connectivity index (χ1n) is 7.64. The van der Waals surface area contributed by atoms with Gasteiger partial charge >= 0.3 is 5.97 Å². The molecule has 0 radical (unpaired) electrons. The Morgan fingerprint density at radius 3 is 2.71 bits per heavy atom. The fourth-order valence-electron chi connectivity index (χ4n) is 3.34. The van der Waals surface area contributed by atoms with Gasteiger partial charge in [-0.15, -0.1) is 0 Å².